The zero-order chi connectivity index (χ0) is 17.7. The third-order valence-corrected chi connectivity index (χ3v) is 6.41. The molecule has 0 unspecified atom stereocenters. The van der Waals surface area contributed by atoms with Crippen LogP contribution in [0.25, 0.3) is 16.8 Å². The highest BCUT2D eigenvalue weighted by molar-refractivity contribution is 6.76. The van der Waals surface area contributed by atoms with Gasteiger partial charge in [-0.25, -0.2) is 9.13 Å². The first-order valence-electron chi connectivity index (χ1n) is 9.24. The van der Waals surface area contributed by atoms with Crippen LogP contribution in [0.15, 0.2) is 73.3 Å². The average Bonchev–Trinajstić information content (AvgIpc) is 3.08. The Morgan fingerprint density at radius 3 is 2.15 bits per heavy atom. The van der Waals surface area contributed by atoms with Gasteiger partial charge in [-0.05, 0) is 29.7 Å². The molecule has 3 aromatic rings. The van der Waals surface area contributed by atoms with E-state index in [2.05, 4.69) is 102 Å². The highest BCUT2D eigenvalue weighted by atomic mass is 127. The maximum atomic E-state index is 2.45. The zero-order valence-corrected chi connectivity index (χ0v) is 19.2. The first kappa shape index (κ1) is 20.9. The standard InChI is InChI=1S/C22H29N2Si.HI/c1-25(2,3)18-8-7-15-23-16-17-24(19-23)22-13-11-21(12-14-22)20-9-5-4-6-10-20;/h4-6,9-14,16-17,19H,7-8,15,18H2,1-3H3;1H/q+1;/p-1. The van der Waals surface area contributed by atoms with E-state index in [9.17, 15) is 0 Å². The van der Waals surface area contributed by atoms with Crippen molar-refractivity contribution in [1.29, 1.82) is 0 Å². The molecular weight excluding hydrogens is 447 g/mol. The van der Waals surface area contributed by atoms with Crippen LogP contribution in [-0.4, -0.2) is 12.6 Å². The van der Waals surface area contributed by atoms with Gasteiger partial charge in [-0.3, -0.25) is 0 Å². The lowest BCUT2D eigenvalue weighted by Gasteiger charge is -2.14. The number of rotatable bonds is 7. The molecule has 2 aromatic carbocycles. The van der Waals surface area contributed by atoms with E-state index in [1.807, 2.05) is 0 Å². The Kier molecular flexibility index (Phi) is 7.64. The maximum Gasteiger partial charge on any atom is 0.248 e. The van der Waals surface area contributed by atoms with Gasteiger partial charge in [0.05, 0.1) is 6.54 Å². The summed E-state index contributed by atoms with van der Waals surface area (Å²) in [5.41, 5.74) is 3.73. The van der Waals surface area contributed by atoms with Gasteiger partial charge in [0.2, 0.25) is 6.33 Å². The van der Waals surface area contributed by atoms with Crippen molar-refractivity contribution in [3.05, 3.63) is 73.3 Å². The number of hydrogen-bond donors (Lipinski definition) is 0. The fourth-order valence-electron chi connectivity index (χ4n) is 3.09. The molecule has 1 aromatic heterocycles. The molecule has 138 valence electrons. The Bertz CT molecular complexity index is 789. The molecule has 4 heteroatoms. The lowest BCUT2D eigenvalue weighted by atomic mass is 10.1. The molecule has 3 rings (SSSR count). The van der Waals surface area contributed by atoms with Gasteiger partial charge in [0.1, 0.15) is 18.1 Å². The molecule has 0 N–H and O–H groups in total. The first-order valence-corrected chi connectivity index (χ1v) is 12.9. The van der Waals surface area contributed by atoms with E-state index in [1.54, 1.807) is 0 Å². The van der Waals surface area contributed by atoms with Crippen molar-refractivity contribution in [3.63, 3.8) is 0 Å². The number of hydrogen-bond acceptors (Lipinski definition) is 0. The van der Waals surface area contributed by atoms with Gasteiger partial charge in [-0.15, -0.1) is 0 Å². The van der Waals surface area contributed by atoms with Crippen LogP contribution in [0, 0.1) is 0 Å². The molecule has 1 heterocycles. The highest BCUT2D eigenvalue weighted by Gasteiger charge is 2.12. The number of benzene rings is 2. The van der Waals surface area contributed by atoms with E-state index in [0.717, 1.165) is 6.54 Å². The number of unbranched alkanes of at least 4 members (excludes halogenated alkanes) is 1. The fraction of sp³-hybridized carbons (Fsp3) is 0.318. The van der Waals surface area contributed by atoms with E-state index >= 15 is 0 Å². The molecule has 0 spiro atoms. The SMILES string of the molecule is C[Si](C)(C)CCCC[n+]1ccn(-c2ccc(-c3ccccc3)cc2)c1.[I-]. The average molecular weight is 476 g/mol. The van der Waals surface area contributed by atoms with Crippen molar-refractivity contribution >= 4 is 8.07 Å². The van der Waals surface area contributed by atoms with E-state index in [4.69, 9.17) is 0 Å². The largest absolute Gasteiger partial charge is 1.00 e. The summed E-state index contributed by atoms with van der Waals surface area (Å²) in [6.07, 6.45) is 9.15. The van der Waals surface area contributed by atoms with E-state index in [-0.39, 0.29) is 24.0 Å². The molecule has 0 aliphatic rings. The van der Waals surface area contributed by atoms with Gasteiger partial charge in [0, 0.05) is 8.07 Å². The van der Waals surface area contributed by atoms with E-state index < -0.39 is 8.07 Å². The van der Waals surface area contributed by atoms with Gasteiger partial charge < -0.3 is 24.0 Å². The minimum absolute atomic E-state index is 0. The van der Waals surface area contributed by atoms with Crippen LogP contribution in [0.2, 0.25) is 25.7 Å². The Morgan fingerprint density at radius 2 is 1.50 bits per heavy atom. The molecule has 0 atom stereocenters. The molecule has 0 radical (unpaired) electrons. The second-order valence-electron chi connectivity index (χ2n) is 7.99. The Morgan fingerprint density at radius 1 is 0.846 bits per heavy atom. The number of aryl methyl sites for hydroxylation is 1. The predicted molar refractivity (Wildman–Crippen MR) is 109 cm³/mol. The Hall–Kier alpha value is -1.40. The number of aromatic nitrogens is 2. The van der Waals surface area contributed by atoms with Crippen LogP contribution < -0.4 is 28.5 Å². The van der Waals surface area contributed by atoms with Crippen molar-refractivity contribution in [2.24, 2.45) is 0 Å². The summed E-state index contributed by atoms with van der Waals surface area (Å²) in [7, 11) is -0.891. The Balaban J connectivity index is 0.00000243. The van der Waals surface area contributed by atoms with Gasteiger partial charge >= 0.3 is 0 Å². The van der Waals surface area contributed by atoms with Gasteiger partial charge in [0.15, 0.2) is 0 Å². The predicted octanol–water partition coefficient (Wildman–Crippen LogP) is 2.55. The van der Waals surface area contributed by atoms with Crippen LogP contribution in [0.4, 0.5) is 0 Å². The molecule has 2 nitrogen and oxygen atoms in total. The number of imidazole rings is 1. The first-order chi connectivity index (χ1) is 12.0. The van der Waals surface area contributed by atoms with Gasteiger partial charge in [0.25, 0.3) is 0 Å². The third-order valence-electron chi connectivity index (χ3n) is 4.56. The monoisotopic (exact) mass is 476 g/mol. The molecule has 0 aliphatic heterocycles. The minimum Gasteiger partial charge on any atom is -1.00 e. The second-order valence-corrected chi connectivity index (χ2v) is 13.6. The molecule has 0 aliphatic carbocycles. The van der Waals surface area contributed by atoms with Crippen LogP contribution in [0.5, 0.6) is 0 Å². The molecule has 0 bridgehead atoms. The van der Waals surface area contributed by atoms with Crippen molar-refractivity contribution in [1.82, 2.24) is 4.57 Å². The summed E-state index contributed by atoms with van der Waals surface area (Å²) >= 11 is 0. The van der Waals surface area contributed by atoms with Crippen LogP contribution in [-0.2, 0) is 6.54 Å². The molecule has 0 saturated heterocycles. The molecule has 26 heavy (non-hydrogen) atoms. The Labute approximate surface area is 175 Å². The normalized spacial score (nSPS) is 11.2. The fourth-order valence-corrected chi connectivity index (χ4v) is 4.40. The smallest absolute Gasteiger partial charge is 0.248 e. The number of nitrogens with zero attached hydrogens (tertiary/aromatic N) is 2. The minimum atomic E-state index is -0.891. The van der Waals surface area contributed by atoms with Crippen molar-refractivity contribution < 1.29 is 28.5 Å². The quantitative estimate of drug-likeness (QED) is 0.215. The van der Waals surface area contributed by atoms with Crippen molar-refractivity contribution in [3.8, 4) is 16.8 Å². The molecule has 0 amide bonds. The topological polar surface area (TPSA) is 8.81 Å². The summed E-state index contributed by atoms with van der Waals surface area (Å²) in [6, 6.07) is 20.7. The van der Waals surface area contributed by atoms with Crippen LogP contribution in [0.3, 0.4) is 0 Å². The lowest BCUT2D eigenvalue weighted by Crippen LogP contribution is -3.00. The lowest BCUT2D eigenvalue weighted by molar-refractivity contribution is -0.696. The molecule has 0 fully saturated rings. The van der Waals surface area contributed by atoms with Crippen molar-refractivity contribution in [2.75, 3.05) is 0 Å². The number of halogens is 1. The zero-order valence-electron chi connectivity index (χ0n) is 16.0. The van der Waals surface area contributed by atoms with Crippen LogP contribution >= 0.6 is 0 Å². The second kappa shape index (κ2) is 9.51. The van der Waals surface area contributed by atoms with Crippen molar-refractivity contribution in [2.45, 2.75) is 45.1 Å². The molecular formula is C22H29IN2Si. The maximum absolute atomic E-state index is 2.45. The summed E-state index contributed by atoms with van der Waals surface area (Å²) in [6.45, 7) is 8.47. The van der Waals surface area contributed by atoms with Crippen LogP contribution in [0.1, 0.15) is 12.8 Å². The van der Waals surface area contributed by atoms with Gasteiger partial charge in [-0.2, -0.15) is 0 Å². The summed E-state index contributed by atoms with van der Waals surface area (Å²) < 4.78 is 4.50. The summed E-state index contributed by atoms with van der Waals surface area (Å²) in [5.74, 6) is 0. The van der Waals surface area contributed by atoms with E-state index in [0.29, 0.717) is 0 Å². The summed E-state index contributed by atoms with van der Waals surface area (Å²) in [5, 5.41) is 0. The summed E-state index contributed by atoms with van der Waals surface area (Å²) in [4.78, 5) is 0. The third kappa shape index (κ3) is 6.09. The molecule has 0 saturated carbocycles. The van der Waals surface area contributed by atoms with Gasteiger partial charge in [-0.1, -0.05) is 74.6 Å². The highest BCUT2D eigenvalue weighted by Crippen LogP contribution is 2.20. The van der Waals surface area contributed by atoms with E-state index in [1.165, 1.54) is 35.7 Å².